The Kier molecular flexibility index (Phi) is 3.19. The number of nitrogens with one attached hydrogen (secondary N) is 1. The van der Waals surface area contributed by atoms with Gasteiger partial charge in [0.15, 0.2) is 0 Å². The standard InChI is InChI=1S/C16H23N/c1-2-7-11-16(10-6-1)12-13-17-15(16)14-8-4-3-5-9-14/h3-5,8-9,15,17H,1-2,6-7,10-13H2. The van der Waals surface area contributed by atoms with Gasteiger partial charge in [0.2, 0.25) is 0 Å². The second kappa shape index (κ2) is 4.81. The Morgan fingerprint density at radius 2 is 1.59 bits per heavy atom. The van der Waals surface area contributed by atoms with E-state index >= 15 is 0 Å². The van der Waals surface area contributed by atoms with E-state index in [9.17, 15) is 0 Å². The molecule has 1 aromatic rings. The van der Waals surface area contributed by atoms with Crippen LogP contribution in [0.3, 0.4) is 0 Å². The van der Waals surface area contributed by atoms with Gasteiger partial charge in [-0.2, -0.15) is 0 Å². The molecule has 0 bridgehead atoms. The van der Waals surface area contributed by atoms with Crippen molar-refractivity contribution in [1.29, 1.82) is 0 Å². The zero-order chi connectivity index (χ0) is 11.6. The SMILES string of the molecule is c1ccc(C2NCCC23CCCCCC3)cc1. The van der Waals surface area contributed by atoms with E-state index < -0.39 is 0 Å². The lowest BCUT2D eigenvalue weighted by Crippen LogP contribution is -2.28. The zero-order valence-corrected chi connectivity index (χ0v) is 10.6. The Balaban J connectivity index is 1.88. The van der Waals surface area contributed by atoms with E-state index in [1.807, 2.05) is 0 Å². The van der Waals surface area contributed by atoms with Gasteiger partial charge in [-0.1, -0.05) is 56.0 Å². The molecule has 1 aliphatic heterocycles. The number of benzene rings is 1. The van der Waals surface area contributed by atoms with Gasteiger partial charge in [-0.05, 0) is 36.8 Å². The maximum atomic E-state index is 3.76. The molecule has 2 aliphatic rings. The van der Waals surface area contributed by atoms with Crippen LogP contribution in [0.4, 0.5) is 0 Å². The lowest BCUT2D eigenvalue weighted by molar-refractivity contribution is 0.212. The highest BCUT2D eigenvalue weighted by Gasteiger charge is 2.42. The van der Waals surface area contributed by atoms with Crippen molar-refractivity contribution in [3.63, 3.8) is 0 Å². The molecule has 1 aliphatic carbocycles. The fourth-order valence-corrected chi connectivity index (χ4v) is 3.91. The molecular weight excluding hydrogens is 206 g/mol. The van der Waals surface area contributed by atoms with E-state index in [2.05, 4.69) is 35.6 Å². The number of rotatable bonds is 1. The van der Waals surface area contributed by atoms with Crippen molar-refractivity contribution in [1.82, 2.24) is 5.32 Å². The van der Waals surface area contributed by atoms with Crippen LogP contribution in [0.15, 0.2) is 30.3 Å². The molecule has 0 radical (unpaired) electrons. The quantitative estimate of drug-likeness (QED) is 0.765. The lowest BCUT2D eigenvalue weighted by atomic mass is 9.72. The van der Waals surface area contributed by atoms with Crippen LogP contribution in [0, 0.1) is 5.41 Å². The normalized spacial score (nSPS) is 28.1. The third kappa shape index (κ3) is 2.13. The van der Waals surface area contributed by atoms with E-state index in [4.69, 9.17) is 0 Å². The molecule has 1 heteroatoms. The molecule has 92 valence electrons. The summed E-state index contributed by atoms with van der Waals surface area (Å²) < 4.78 is 0. The van der Waals surface area contributed by atoms with Crippen molar-refractivity contribution < 1.29 is 0 Å². The summed E-state index contributed by atoms with van der Waals surface area (Å²) in [5.41, 5.74) is 2.07. The third-order valence-corrected chi connectivity index (χ3v) is 4.82. The first-order chi connectivity index (χ1) is 8.41. The molecule has 1 heterocycles. The number of hydrogen-bond donors (Lipinski definition) is 1. The van der Waals surface area contributed by atoms with E-state index in [0.717, 1.165) is 0 Å². The Bertz CT molecular complexity index is 349. The average molecular weight is 229 g/mol. The van der Waals surface area contributed by atoms with E-state index in [1.54, 1.807) is 0 Å². The third-order valence-electron chi connectivity index (χ3n) is 4.82. The summed E-state index contributed by atoms with van der Waals surface area (Å²) in [5.74, 6) is 0. The first-order valence-corrected chi connectivity index (χ1v) is 7.19. The van der Waals surface area contributed by atoms with Crippen molar-refractivity contribution >= 4 is 0 Å². The molecular formula is C16H23N. The summed E-state index contributed by atoms with van der Waals surface area (Å²) in [6.07, 6.45) is 10.0. The summed E-state index contributed by atoms with van der Waals surface area (Å²) >= 11 is 0. The van der Waals surface area contributed by atoms with Crippen molar-refractivity contribution in [2.24, 2.45) is 5.41 Å². The molecule has 1 saturated carbocycles. The van der Waals surface area contributed by atoms with Gasteiger partial charge in [-0.25, -0.2) is 0 Å². The highest BCUT2D eigenvalue weighted by Crippen LogP contribution is 2.50. The van der Waals surface area contributed by atoms with Crippen LogP contribution >= 0.6 is 0 Å². The average Bonchev–Trinajstić information content (AvgIpc) is 2.63. The van der Waals surface area contributed by atoms with Gasteiger partial charge < -0.3 is 5.32 Å². The molecule has 1 spiro atoms. The summed E-state index contributed by atoms with van der Waals surface area (Å²) in [5, 5.41) is 3.76. The molecule has 0 amide bonds. The van der Waals surface area contributed by atoms with Crippen LogP contribution in [0.2, 0.25) is 0 Å². The van der Waals surface area contributed by atoms with E-state index in [1.165, 1.54) is 57.1 Å². The van der Waals surface area contributed by atoms with Gasteiger partial charge in [-0.15, -0.1) is 0 Å². The molecule has 1 unspecified atom stereocenters. The first-order valence-electron chi connectivity index (χ1n) is 7.19. The summed E-state index contributed by atoms with van der Waals surface area (Å²) in [6.45, 7) is 1.21. The molecule has 17 heavy (non-hydrogen) atoms. The summed E-state index contributed by atoms with van der Waals surface area (Å²) in [7, 11) is 0. The van der Waals surface area contributed by atoms with Crippen LogP contribution in [0.1, 0.15) is 56.6 Å². The van der Waals surface area contributed by atoms with Crippen molar-refractivity contribution in [2.45, 2.75) is 51.0 Å². The van der Waals surface area contributed by atoms with Gasteiger partial charge in [0.1, 0.15) is 0 Å². The molecule has 1 N–H and O–H groups in total. The minimum atomic E-state index is 0.567. The van der Waals surface area contributed by atoms with Crippen LogP contribution in [-0.2, 0) is 0 Å². The highest BCUT2D eigenvalue weighted by molar-refractivity contribution is 5.23. The number of hydrogen-bond acceptors (Lipinski definition) is 1. The topological polar surface area (TPSA) is 12.0 Å². The van der Waals surface area contributed by atoms with Crippen molar-refractivity contribution in [3.05, 3.63) is 35.9 Å². The molecule has 1 nitrogen and oxygen atoms in total. The van der Waals surface area contributed by atoms with Crippen LogP contribution in [-0.4, -0.2) is 6.54 Å². The maximum Gasteiger partial charge on any atom is 0.0377 e. The summed E-state index contributed by atoms with van der Waals surface area (Å²) in [6, 6.07) is 11.7. The second-order valence-corrected chi connectivity index (χ2v) is 5.82. The fraction of sp³-hybridized carbons (Fsp3) is 0.625. The molecule has 0 aromatic heterocycles. The van der Waals surface area contributed by atoms with Crippen LogP contribution < -0.4 is 5.32 Å². The van der Waals surface area contributed by atoms with Gasteiger partial charge in [0.05, 0.1) is 0 Å². The lowest BCUT2D eigenvalue weighted by Gasteiger charge is -2.34. The second-order valence-electron chi connectivity index (χ2n) is 5.82. The molecule has 3 rings (SSSR count). The Labute approximate surface area is 105 Å². The Morgan fingerprint density at radius 1 is 0.882 bits per heavy atom. The minimum Gasteiger partial charge on any atom is -0.309 e. The summed E-state index contributed by atoms with van der Waals surface area (Å²) in [4.78, 5) is 0. The van der Waals surface area contributed by atoms with E-state index in [-0.39, 0.29) is 0 Å². The highest BCUT2D eigenvalue weighted by atomic mass is 15.0. The van der Waals surface area contributed by atoms with E-state index in [0.29, 0.717) is 11.5 Å². The maximum absolute atomic E-state index is 3.76. The van der Waals surface area contributed by atoms with Crippen LogP contribution in [0.25, 0.3) is 0 Å². The molecule has 2 fully saturated rings. The predicted molar refractivity (Wildman–Crippen MR) is 71.9 cm³/mol. The monoisotopic (exact) mass is 229 g/mol. The van der Waals surface area contributed by atoms with Crippen molar-refractivity contribution in [2.75, 3.05) is 6.54 Å². The van der Waals surface area contributed by atoms with Crippen LogP contribution in [0.5, 0.6) is 0 Å². The van der Waals surface area contributed by atoms with Crippen molar-refractivity contribution in [3.8, 4) is 0 Å². The molecule has 1 aromatic carbocycles. The zero-order valence-electron chi connectivity index (χ0n) is 10.6. The predicted octanol–water partition coefficient (Wildman–Crippen LogP) is 4.06. The van der Waals surface area contributed by atoms with Gasteiger partial charge in [0, 0.05) is 6.04 Å². The smallest absolute Gasteiger partial charge is 0.0377 e. The molecule has 1 atom stereocenters. The Morgan fingerprint density at radius 3 is 2.29 bits per heavy atom. The first kappa shape index (κ1) is 11.3. The minimum absolute atomic E-state index is 0.567. The largest absolute Gasteiger partial charge is 0.309 e. The van der Waals surface area contributed by atoms with Gasteiger partial charge in [0.25, 0.3) is 0 Å². The fourth-order valence-electron chi connectivity index (χ4n) is 3.91. The van der Waals surface area contributed by atoms with Gasteiger partial charge in [-0.3, -0.25) is 0 Å². The Hall–Kier alpha value is -0.820. The van der Waals surface area contributed by atoms with Gasteiger partial charge >= 0.3 is 0 Å². The molecule has 1 saturated heterocycles.